The van der Waals surface area contributed by atoms with Gasteiger partial charge in [-0.15, -0.1) is 11.3 Å². The van der Waals surface area contributed by atoms with E-state index in [9.17, 15) is 22.8 Å². The first-order valence-corrected chi connectivity index (χ1v) is 10.1. The zero-order chi connectivity index (χ0) is 21.0. The average molecular weight is 423 g/mol. The molecule has 1 aliphatic carbocycles. The number of nitrogens with one attached hydrogen (secondary N) is 1. The molecule has 2 aromatic rings. The summed E-state index contributed by atoms with van der Waals surface area (Å²) in [6.45, 7) is 1.94. The molecule has 3 rings (SSSR count). The molecule has 4 nitrogen and oxygen atoms in total. The van der Waals surface area contributed by atoms with E-state index < -0.39 is 23.6 Å². The number of rotatable bonds is 5. The molecule has 0 unspecified atom stereocenters. The molecule has 1 aliphatic rings. The smallest absolute Gasteiger partial charge is 0.416 e. The molecule has 29 heavy (non-hydrogen) atoms. The van der Waals surface area contributed by atoms with E-state index in [1.807, 2.05) is 0 Å². The van der Waals surface area contributed by atoms with Crippen LogP contribution in [-0.4, -0.2) is 18.5 Å². The van der Waals surface area contributed by atoms with Crippen LogP contribution < -0.4 is 5.32 Å². The van der Waals surface area contributed by atoms with E-state index in [-0.39, 0.29) is 12.2 Å². The van der Waals surface area contributed by atoms with E-state index in [1.165, 1.54) is 29.5 Å². The summed E-state index contributed by atoms with van der Waals surface area (Å²) in [6.07, 6.45) is 1.62. The molecule has 0 bridgehead atoms. The van der Waals surface area contributed by atoms with Crippen molar-refractivity contribution in [2.24, 2.45) is 0 Å². The van der Waals surface area contributed by atoms with E-state index in [0.29, 0.717) is 10.6 Å². The largest absolute Gasteiger partial charge is 0.462 e. The molecule has 0 atom stereocenters. The second-order valence-electron chi connectivity index (χ2n) is 6.58. The third-order valence-corrected chi connectivity index (χ3v) is 5.74. The van der Waals surface area contributed by atoms with Gasteiger partial charge in [-0.3, -0.25) is 4.79 Å². The zero-order valence-corrected chi connectivity index (χ0v) is 16.6. The molecule has 1 amide bonds. The van der Waals surface area contributed by atoms with Crippen LogP contribution >= 0.6 is 11.3 Å². The van der Waals surface area contributed by atoms with Gasteiger partial charge in [0.05, 0.1) is 17.7 Å². The van der Waals surface area contributed by atoms with Crippen molar-refractivity contribution in [2.75, 3.05) is 11.9 Å². The van der Waals surface area contributed by atoms with Gasteiger partial charge in [0.2, 0.25) is 5.91 Å². The Morgan fingerprint density at radius 2 is 2.00 bits per heavy atom. The topological polar surface area (TPSA) is 55.4 Å². The van der Waals surface area contributed by atoms with Crippen molar-refractivity contribution in [3.8, 4) is 0 Å². The van der Waals surface area contributed by atoms with Crippen molar-refractivity contribution in [1.29, 1.82) is 0 Å². The van der Waals surface area contributed by atoms with Crippen LogP contribution in [0.5, 0.6) is 0 Å². The number of amides is 1. The normalized spacial score (nSPS) is 13.9. The van der Waals surface area contributed by atoms with Crippen molar-refractivity contribution >= 4 is 34.3 Å². The van der Waals surface area contributed by atoms with Gasteiger partial charge < -0.3 is 10.1 Å². The summed E-state index contributed by atoms with van der Waals surface area (Å²) in [5, 5.41) is 3.12. The molecule has 0 aliphatic heterocycles. The summed E-state index contributed by atoms with van der Waals surface area (Å²) in [5.41, 5.74) is 0.797. The van der Waals surface area contributed by atoms with Crippen LogP contribution in [0.25, 0.3) is 6.08 Å². The highest BCUT2D eigenvalue weighted by molar-refractivity contribution is 7.17. The molecular formula is C21H20F3NO3S. The van der Waals surface area contributed by atoms with E-state index in [2.05, 4.69) is 5.32 Å². The zero-order valence-electron chi connectivity index (χ0n) is 15.8. The fraction of sp³-hybridized carbons (Fsp3) is 0.333. The van der Waals surface area contributed by atoms with Crippen LogP contribution in [0.4, 0.5) is 18.2 Å². The number of alkyl halides is 3. The molecule has 154 valence electrons. The second kappa shape index (κ2) is 8.82. The fourth-order valence-electron chi connectivity index (χ4n) is 3.22. The number of hydrogen-bond donors (Lipinski definition) is 1. The maximum absolute atomic E-state index is 12.8. The summed E-state index contributed by atoms with van der Waals surface area (Å²) in [4.78, 5) is 25.8. The van der Waals surface area contributed by atoms with Gasteiger partial charge in [-0.1, -0.05) is 12.1 Å². The highest BCUT2D eigenvalue weighted by atomic mass is 32.1. The minimum atomic E-state index is -4.45. The number of anilines is 1. The predicted octanol–water partition coefficient (Wildman–Crippen LogP) is 5.47. The summed E-state index contributed by atoms with van der Waals surface area (Å²) >= 11 is 1.36. The Morgan fingerprint density at radius 3 is 2.72 bits per heavy atom. The van der Waals surface area contributed by atoms with Crippen LogP contribution in [0.1, 0.15) is 51.7 Å². The average Bonchev–Trinajstić information content (AvgIpc) is 3.04. The summed E-state index contributed by atoms with van der Waals surface area (Å²) in [7, 11) is 0. The maximum Gasteiger partial charge on any atom is 0.416 e. The third-order valence-electron chi connectivity index (χ3n) is 4.53. The molecule has 0 fully saturated rings. The lowest BCUT2D eigenvalue weighted by Crippen LogP contribution is -2.14. The minimum absolute atomic E-state index is 0.228. The monoisotopic (exact) mass is 423 g/mol. The first-order valence-electron chi connectivity index (χ1n) is 9.27. The molecule has 1 aromatic heterocycles. The SMILES string of the molecule is CCOC(=O)c1c(NC(=O)/C=C/c2cccc(C(F)(F)F)c2)sc2c1CCCC2. The highest BCUT2D eigenvalue weighted by Gasteiger charge is 2.30. The lowest BCUT2D eigenvalue weighted by molar-refractivity contribution is -0.137. The maximum atomic E-state index is 12.8. The van der Waals surface area contributed by atoms with Crippen LogP contribution in [0.2, 0.25) is 0 Å². The van der Waals surface area contributed by atoms with Gasteiger partial charge in [0.15, 0.2) is 0 Å². The number of carbonyl (C=O) groups is 2. The molecule has 0 spiro atoms. The van der Waals surface area contributed by atoms with Crippen molar-refractivity contribution < 1.29 is 27.5 Å². The van der Waals surface area contributed by atoms with E-state index in [1.54, 1.807) is 6.92 Å². The first-order chi connectivity index (χ1) is 13.8. The number of halogens is 3. The van der Waals surface area contributed by atoms with E-state index in [0.717, 1.165) is 54.3 Å². The third kappa shape index (κ3) is 5.06. The van der Waals surface area contributed by atoms with Gasteiger partial charge in [-0.05, 0) is 61.9 Å². The molecule has 0 saturated heterocycles. The van der Waals surface area contributed by atoms with Crippen molar-refractivity contribution in [3.63, 3.8) is 0 Å². The summed E-state index contributed by atoms with van der Waals surface area (Å²) in [6, 6.07) is 4.70. The van der Waals surface area contributed by atoms with Crippen LogP contribution in [0, 0.1) is 0 Å². The standard InChI is InChI=1S/C21H20F3NO3S/c1-2-28-20(27)18-15-8-3-4-9-16(15)29-19(18)25-17(26)11-10-13-6-5-7-14(12-13)21(22,23)24/h5-7,10-12H,2-4,8-9H2,1H3,(H,25,26)/b11-10+. The number of hydrogen-bond acceptors (Lipinski definition) is 4. The van der Waals surface area contributed by atoms with Gasteiger partial charge in [0, 0.05) is 11.0 Å². The quantitative estimate of drug-likeness (QED) is 0.512. The van der Waals surface area contributed by atoms with E-state index in [4.69, 9.17) is 4.74 Å². The van der Waals surface area contributed by atoms with Gasteiger partial charge >= 0.3 is 12.1 Å². The highest BCUT2D eigenvalue weighted by Crippen LogP contribution is 2.38. The summed E-state index contributed by atoms with van der Waals surface area (Å²) < 4.78 is 43.6. The lowest BCUT2D eigenvalue weighted by atomic mass is 9.95. The number of ether oxygens (including phenoxy) is 1. The Hall–Kier alpha value is -2.61. The summed E-state index contributed by atoms with van der Waals surface area (Å²) in [5.74, 6) is -0.990. The molecule has 1 N–H and O–H groups in total. The molecule has 1 heterocycles. The van der Waals surface area contributed by atoms with Crippen molar-refractivity contribution in [3.05, 3.63) is 57.5 Å². The van der Waals surface area contributed by atoms with E-state index >= 15 is 0 Å². The van der Waals surface area contributed by atoms with Crippen LogP contribution in [-0.2, 0) is 28.5 Å². The second-order valence-corrected chi connectivity index (χ2v) is 7.69. The number of fused-ring (bicyclic) bond motifs is 1. The van der Waals surface area contributed by atoms with Gasteiger partial charge in [0.1, 0.15) is 5.00 Å². The number of thiophene rings is 1. The Kier molecular flexibility index (Phi) is 6.42. The molecule has 0 saturated carbocycles. The van der Waals surface area contributed by atoms with Crippen LogP contribution in [0.15, 0.2) is 30.3 Å². The minimum Gasteiger partial charge on any atom is -0.462 e. The fourth-order valence-corrected chi connectivity index (χ4v) is 4.50. The number of benzene rings is 1. The molecule has 8 heteroatoms. The van der Waals surface area contributed by atoms with Gasteiger partial charge in [-0.2, -0.15) is 13.2 Å². The molecule has 0 radical (unpaired) electrons. The molecular weight excluding hydrogens is 403 g/mol. The van der Waals surface area contributed by atoms with Crippen molar-refractivity contribution in [2.45, 2.75) is 38.8 Å². The first kappa shape index (κ1) is 21.1. The number of esters is 1. The number of aryl methyl sites for hydroxylation is 1. The Labute approximate surface area is 170 Å². The van der Waals surface area contributed by atoms with Crippen molar-refractivity contribution in [1.82, 2.24) is 0 Å². The van der Waals surface area contributed by atoms with Gasteiger partial charge in [-0.25, -0.2) is 4.79 Å². The van der Waals surface area contributed by atoms with Gasteiger partial charge in [0.25, 0.3) is 0 Å². The number of carbonyl (C=O) groups excluding carboxylic acids is 2. The molecule has 1 aromatic carbocycles. The Balaban J connectivity index is 1.80. The van der Waals surface area contributed by atoms with Crippen LogP contribution in [0.3, 0.4) is 0 Å². The Morgan fingerprint density at radius 1 is 1.24 bits per heavy atom. The lowest BCUT2D eigenvalue weighted by Gasteiger charge is -2.12. The Bertz CT molecular complexity index is 947. The predicted molar refractivity (Wildman–Crippen MR) is 106 cm³/mol.